The molecule has 1 aromatic heterocycles. The lowest BCUT2D eigenvalue weighted by atomic mass is 9.89. The molecule has 1 atom stereocenters. The second kappa shape index (κ2) is 6.26. The van der Waals surface area contributed by atoms with Crippen LogP contribution in [0.1, 0.15) is 40.4 Å². The number of alkyl carbamates (subject to hydrolysis) is 1. The number of aromatic nitrogens is 2. The summed E-state index contributed by atoms with van der Waals surface area (Å²) in [6, 6.07) is 0. The average Bonchev–Trinajstić information content (AvgIpc) is 2.82. The first-order chi connectivity index (χ1) is 9.22. The molecule has 0 aliphatic rings. The number of carbonyl (C=O) groups excluding carboxylic acids is 1. The maximum atomic E-state index is 11.7. The fourth-order valence-corrected chi connectivity index (χ4v) is 1.91. The SMILES string of the molecule is CCn1ccnc1C(C)(CN)CNC(=O)OC(C)(C)C. The third kappa shape index (κ3) is 4.23. The van der Waals surface area contributed by atoms with Gasteiger partial charge >= 0.3 is 6.09 Å². The highest BCUT2D eigenvalue weighted by Crippen LogP contribution is 2.20. The van der Waals surface area contributed by atoms with Crippen LogP contribution in [0.2, 0.25) is 0 Å². The Kier molecular flexibility index (Phi) is 5.16. The summed E-state index contributed by atoms with van der Waals surface area (Å²) in [6.45, 7) is 11.1. The number of nitrogens with two attached hydrogens (primary N) is 1. The molecule has 0 spiro atoms. The van der Waals surface area contributed by atoms with Crippen LogP contribution in [0.25, 0.3) is 0 Å². The molecule has 3 N–H and O–H groups in total. The minimum absolute atomic E-state index is 0.384. The Hall–Kier alpha value is -1.56. The van der Waals surface area contributed by atoms with E-state index >= 15 is 0 Å². The molecule has 1 unspecified atom stereocenters. The molecule has 1 rings (SSSR count). The Labute approximate surface area is 120 Å². The van der Waals surface area contributed by atoms with Crippen LogP contribution in [0.15, 0.2) is 12.4 Å². The van der Waals surface area contributed by atoms with Crippen molar-refractivity contribution in [1.29, 1.82) is 0 Å². The van der Waals surface area contributed by atoms with E-state index in [1.807, 2.05) is 45.4 Å². The Morgan fingerprint density at radius 1 is 1.45 bits per heavy atom. The zero-order chi connectivity index (χ0) is 15.4. The molecular weight excluding hydrogens is 256 g/mol. The van der Waals surface area contributed by atoms with Crippen LogP contribution in [0, 0.1) is 0 Å². The first kappa shape index (κ1) is 16.5. The van der Waals surface area contributed by atoms with Crippen molar-refractivity contribution in [3.8, 4) is 0 Å². The number of carbonyl (C=O) groups is 1. The summed E-state index contributed by atoms with van der Waals surface area (Å²) in [4.78, 5) is 16.1. The number of aryl methyl sites for hydroxylation is 1. The summed E-state index contributed by atoms with van der Waals surface area (Å²) in [5.41, 5.74) is 4.96. The van der Waals surface area contributed by atoms with E-state index in [2.05, 4.69) is 10.3 Å². The van der Waals surface area contributed by atoms with E-state index in [4.69, 9.17) is 10.5 Å². The number of hydrogen-bond donors (Lipinski definition) is 2. The van der Waals surface area contributed by atoms with E-state index < -0.39 is 17.1 Å². The molecule has 1 aromatic rings. The zero-order valence-corrected chi connectivity index (χ0v) is 13.1. The average molecular weight is 282 g/mol. The van der Waals surface area contributed by atoms with Gasteiger partial charge in [0.15, 0.2) is 0 Å². The number of amides is 1. The monoisotopic (exact) mass is 282 g/mol. The molecule has 6 nitrogen and oxygen atoms in total. The van der Waals surface area contributed by atoms with Gasteiger partial charge in [0.05, 0.1) is 5.41 Å². The van der Waals surface area contributed by atoms with Crippen LogP contribution >= 0.6 is 0 Å². The second-order valence-corrected chi connectivity index (χ2v) is 6.16. The smallest absolute Gasteiger partial charge is 0.407 e. The lowest BCUT2D eigenvalue weighted by Gasteiger charge is -2.29. The molecule has 0 aliphatic carbocycles. The minimum Gasteiger partial charge on any atom is -0.444 e. The van der Waals surface area contributed by atoms with Gasteiger partial charge in [-0.3, -0.25) is 0 Å². The Morgan fingerprint density at radius 2 is 2.10 bits per heavy atom. The molecule has 0 saturated carbocycles. The number of nitrogens with one attached hydrogen (secondary N) is 1. The van der Waals surface area contributed by atoms with Crippen LogP contribution in [-0.2, 0) is 16.7 Å². The van der Waals surface area contributed by atoms with Gasteiger partial charge in [0.1, 0.15) is 11.4 Å². The van der Waals surface area contributed by atoms with Gasteiger partial charge in [0.2, 0.25) is 0 Å². The van der Waals surface area contributed by atoms with E-state index in [9.17, 15) is 4.79 Å². The molecule has 6 heteroatoms. The Morgan fingerprint density at radius 3 is 2.60 bits per heavy atom. The van der Waals surface area contributed by atoms with Crippen molar-refractivity contribution in [3.63, 3.8) is 0 Å². The first-order valence-corrected chi connectivity index (χ1v) is 6.90. The second-order valence-electron chi connectivity index (χ2n) is 6.16. The molecule has 0 aromatic carbocycles. The summed E-state index contributed by atoms with van der Waals surface area (Å²) in [5, 5.41) is 2.78. The summed E-state index contributed by atoms with van der Waals surface area (Å²) in [6.07, 6.45) is 3.23. The van der Waals surface area contributed by atoms with Crippen molar-refractivity contribution in [2.75, 3.05) is 13.1 Å². The van der Waals surface area contributed by atoms with Crippen molar-refractivity contribution in [1.82, 2.24) is 14.9 Å². The van der Waals surface area contributed by atoms with Crippen LogP contribution in [0.4, 0.5) is 4.79 Å². The maximum Gasteiger partial charge on any atom is 0.407 e. The highest BCUT2D eigenvalue weighted by atomic mass is 16.6. The van der Waals surface area contributed by atoms with Gasteiger partial charge in [0, 0.05) is 32.0 Å². The number of ether oxygens (including phenoxy) is 1. The lowest BCUT2D eigenvalue weighted by molar-refractivity contribution is 0.0515. The highest BCUT2D eigenvalue weighted by molar-refractivity contribution is 5.67. The van der Waals surface area contributed by atoms with Gasteiger partial charge < -0.3 is 20.4 Å². The van der Waals surface area contributed by atoms with Gasteiger partial charge in [-0.05, 0) is 34.6 Å². The molecule has 0 radical (unpaired) electrons. The fourth-order valence-electron chi connectivity index (χ4n) is 1.91. The summed E-state index contributed by atoms with van der Waals surface area (Å²) in [5.74, 6) is 0.874. The van der Waals surface area contributed by atoms with Crippen molar-refractivity contribution < 1.29 is 9.53 Å². The molecular formula is C14H26N4O2. The van der Waals surface area contributed by atoms with Gasteiger partial charge in [-0.25, -0.2) is 9.78 Å². The minimum atomic E-state index is -0.509. The highest BCUT2D eigenvalue weighted by Gasteiger charge is 2.31. The normalized spacial score (nSPS) is 14.7. The number of hydrogen-bond acceptors (Lipinski definition) is 4. The predicted molar refractivity (Wildman–Crippen MR) is 78.5 cm³/mol. The molecule has 0 aliphatic heterocycles. The van der Waals surface area contributed by atoms with E-state index in [1.54, 1.807) is 6.20 Å². The number of imidazole rings is 1. The summed E-state index contributed by atoms with van der Waals surface area (Å²) >= 11 is 0. The van der Waals surface area contributed by atoms with Gasteiger partial charge in [-0.1, -0.05) is 0 Å². The van der Waals surface area contributed by atoms with Crippen molar-refractivity contribution >= 4 is 6.09 Å². The van der Waals surface area contributed by atoms with E-state index in [1.165, 1.54) is 0 Å². The van der Waals surface area contributed by atoms with Crippen molar-refractivity contribution in [2.24, 2.45) is 5.73 Å². The molecule has 1 heterocycles. The van der Waals surface area contributed by atoms with Crippen LogP contribution in [0.3, 0.4) is 0 Å². The molecule has 0 fully saturated rings. The van der Waals surface area contributed by atoms with E-state index in [-0.39, 0.29) is 0 Å². The molecule has 0 saturated heterocycles. The predicted octanol–water partition coefficient (Wildman–Crippen LogP) is 1.64. The third-order valence-corrected chi connectivity index (χ3v) is 3.07. The van der Waals surface area contributed by atoms with Crippen molar-refractivity contribution in [2.45, 2.75) is 52.2 Å². The Balaban J connectivity index is 2.74. The fraction of sp³-hybridized carbons (Fsp3) is 0.714. The molecule has 0 bridgehead atoms. The third-order valence-electron chi connectivity index (χ3n) is 3.07. The maximum absolute atomic E-state index is 11.7. The standard InChI is InChI=1S/C14H26N4O2/c1-6-18-8-7-16-11(18)14(5,9-15)10-17-12(19)20-13(2,3)4/h7-8H,6,9-10,15H2,1-5H3,(H,17,19). The zero-order valence-electron chi connectivity index (χ0n) is 13.1. The molecule has 20 heavy (non-hydrogen) atoms. The van der Waals surface area contributed by atoms with E-state index in [0.29, 0.717) is 13.1 Å². The van der Waals surface area contributed by atoms with Crippen LogP contribution < -0.4 is 11.1 Å². The molecule has 114 valence electrons. The summed E-state index contributed by atoms with van der Waals surface area (Å²) < 4.78 is 7.26. The molecule has 1 amide bonds. The lowest BCUT2D eigenvalue weighted by Crippen LogP contribution is -2.46. The van der Waals surface area contributed by atoms with Gasteiger partial charge in [0.25, 0.3) is 0 Å². The van der Waals surface area contributed by atoms with Crippen molar-refractivity contribution in [3.05, 3.63) is 18.2 Å². The quantitative estimate of drug-likeness (QED) is 0.860. The van der Waals surface area contributed by atoms with Gasteiger partial charge in [-0.15, -0.1) is 0 Å². The summed E-state index contributed by atoms with van der Waals surface area (Å²) in [7, 11) is 0. The van der Waals surface area contributed by atoms with Crippen LogP contribution in [0.5, 0.6) is 0 Å². The van der Waals surface area contributed by atoms with Crippen LogP contribution in [-0.4, -0.2) is 34.3 Å². The van der Waals surface area contributed by atoms with E-state index in [0.717, 1.165) is 12.4 Å². The number of rotatable bonds is 5. The first-order valence-electron chi connectivity index (χ1n) is 6.90. The number of nitrogens with zero attached hydrogens (tertiary/aromatic N) is 2. The topological polar surface area (TPSA) is 82.2 Å². The Bertz CT molecular complexity index is 450. The largest absolute Gasteiger partial charge is 0.444 e. The van der Waals surface area contributed by atoms with Gasteiger partial charge in [-0.2, -0.15) is 0 Å².